The highest BCUT2D eigenvalue weighted by atomic mass is 35.5. The number of hydrogen-bond acceptors (Lipinski definition) is 7. The number of rotatable bonds is 6. The van der Waals surface area contributed by atoms with Crippen LogP contribution in [0.2, 0.25) is 5.15 Å². The Bertz CT molecular complexity index is 1260. The Morgan fingerprint density at radius 2 is 1.45 bits per heavy atom. The molecule has 3 aromatic rings. The first kappa shape index (κ1) is 29.1. The third-order valence-corrected chi connectivity index (χ3v) is 5.21. The molecule has 0 saturated heterocycles. The highest BCUT2D eigenvalue weighted by molar-refractivity contribution is 6.29. The summed E-state index contributed by atoms with van der Waals surface area (Å²) in [7, 11) is 0. The highest BCUT2D eigenvalue weighted by Crippen LogP contribution is 2.31. The lowest BCUT2D eigenvalue weighted by atomic mass is 9.99. The lowest BCUT2D eigenvalue weighted by molar-refractivity contribution is 0.0427. The number of hydrogen-bond donors (Lipinski definition) is 0. The van der Waals surface area contributed by atoms with E-state index in [9.17, 15) is 9.59 Å². The molecule has 0 saturated carbocycles. The van der Waals surface area contributed by atoms with E-state index in [1.807, 2.05) is 55.5 Å². The lowest BCUT2D eigenvalue weighted by Crippen LogP contribution is -2.44. The second kappa shape index (κ2) is 11.9. The molecule has 0 aliphatic rings. The number of nitrogens with zero attached hydrogens (tertiary/aromatic N) is 3. The number of carbonyl (C=O) groups excluding carboxylic acids is 2. The quantitative estimate of drug-likeness (QED) is 0.299. The van der Waals surface area contributed by atoms with Crippen LogP contribution in [0.5, 0.6) is 0 Å². The first-order chi connectivity index (χ1) is 17.7. The maximum Gasteiger partial charge on any atom is 0.427 e. The number of aromatic nitrogens is 2. The zero-order valence-corrected chi connectivity index (χ0v) is 23.6. The summed E-state index contributed by atoms with van der Waals surface area (Å²) >= 11 is 6.40. The first-order valence-electron chi connectivity index (χ1n) is 12.2. The molecule has 0 unspecified atom stereocenters. The Morgan fingerprint density at radius 3 is 2.03 bits per heavy atom. The molecule has 38 heavy (non-hydrogen) atoms. The van der Waals surface area contributed by atoms with Crippen LogP contribution in [0.25, 0.3) is 11.3 Å². The smallest absolute Gasteiger partial charge is 0.427 e. The predicted octanol–water partition coefficient (Wildman–Crippen LogP) is 7.50. The van der Waals surface area contributed by atoms with Crippen molar-refractivity contribution in [2.24, 2.45) is 0 Å². The topological polar surface area (TPSA) is 90.8 Å². The SMILES string of the molecule is Cc1cccc(COCc2ccccc2)c1-c1cc(Cl)nc(N(C(=O)OC(C)(C)C)C(=O)OC(C)(C)C)n1. The summed E-state index contributed by atoms with van der Waals surface area (Å²) in [5, 5.41) is 0.0431. The van der Waals surface area contributed by atoms with Gasteiger partial charge in [-0.2, -0.15) is 4.98 Å². The van der Waals surface area contributed by atoms with Crippen molar-refractivity contribution in [1.82, 2.24) is 9.97 Å². The molecule has 0 bridgehead atoms. The van der Waals surface area contributed by atoms with Crippen molar-refractivity contribution in [2.75, 3.05) is 4.90 Å². The van der Waals surface area contributed by atoms with Crippen LogP contribution in [-0.2, 0) is 27.4 Å². The van der Waals surface area contributed by atoms with Crippen molar-refractivity contribution in [1.29, 1.82) is 0 Å². The van der Waals surface area contributed by atoms with E-state index in [0.29, 0.717) is 23.8 Å². The standard InChI is InChI=1S/C29H34ClN3O5/c1-19-12-11-15-21(18-36-17-20-13-9-8-10-14-20)24(19)22-16-23(30)32-25(31-22)33(26(34)37-28(2,3)4)27(35)38-29(5,6)7/h8-16H,17-18H2,1-7H3. The fourth-order valence-electron chi connectivity index (χ4n) is 3.56. The Kier molecular flexibility index (Phi) is 9.12. The fraction of sp³-hybridized carbons (Fsp3) is 0.379. The van der Waals surface area contributed by atoms with E-state index in [1.54, 1.807) is 47.6 Å². The van der Waals surface area contributed by atoms with Gasteiger partial charge in [0.05, 0.1) is 18.9 Å². The Balaban J connectivity index is 2.01. The molecule has 8 nitrogen and oxygen atoms in total. The fourth-order valence-corrected chi connectivity index (χ4v) is 3.73. The van der Waals surface area contributed by atoms with Gasteiger partial charge in [-0.15, -0.1) is 4.90 Å². The maximum atomic E-state index is 13.1. The van der Waals surface area contributed by atoms with E-state index in [4.69, 9.17) is 25.8 Å². The minimum atomic E-state index is -0.976. The molecule has 0 fully saturated rings. The Labute approximate surface area is 228 Å². The number of halogens is 1. The molecule has 0 N–H and O–H groups in total. The molecule has 1 aromatic heterocycles. The van der Waals surface area contributed by atoms with Crippen molar-refractivity contribution >= 4 is 29.7 Å². The van der Waals surface area contributed by atoms with Gasteiger partial charge in [0.25, 0.3) is 0 Å². The van der Waals surface area contributed by atoms with E-state index >= 15 is 0 Å². The molecule has 1 heterocycles. The third-order valence-electron chi connectivity index (χ3n) is 5.02. The van der Waals surface area contributed by atoms with E-state index < -0.39 is 23.4 Å². The van der Waals surface area contributed by atoms with Crippen molar-refractivity contribution < 1.29 is 23.8 Å². The molecular weight excluding hydrogens is 506 g/mol. The van der Waals surface area contributed by atoms with Gasteiger partial charge in [0.1, 0.15) is 16.4 Å². The average molecular weight is 540 g/mol. The van der Waals surface area contributed by atoms with Crippen LogP contribution in [0.4, 0.5) is 15.5 Å². The zero-order chi connectivity index (χ0) is 28.1. The van der Waals surface area contributed by atoms with Crippen molar-refractivity contribution in [2.45, 2.75) is 72.9 Å². The van der Waals surface area contributed by atoms with Crippen LogP contribution < -0.4 is 4.90 Å². The average Bonchev–Trinajstić information content (AvgIpc) is 2.77. The van der Waals surface area contributed by atoms with E-state index in [2.05, 4.69) is 9.97 Å². The monoisotopic (exact) mass is 539 g/mol. The molecule has 3 rings (SSSR count). The number of imide groups is 1. The van der Waals surface area contributed by atoms with Gasteiger partial charge < -0.3 is 14.2 Å². The molecule has 0 atom stereocenters. The van der Waals surface area contributed by atoms with Crippen LogP contribution in [0.1, 0.15) is 58.2 Å². The minimum absolute atomic E-state index is 0.0431. The first-order valence-corrected chi connectivity index (χ1v) is 12.6. The highest BCUT2D eigenvalue weighted by Gasteiger charge is 2.35. The summed E-state index contributed by atoms with van der Waals surface area (Å²) in [6.07, 6.45) is -1.95. The van der Waals surface area contributed by atoms with Gasteiger partial charge in [-0.05, 0) is 65.2 Å². The van der Waals surface area contributed by atoms with Crippen molar-refractivity contribution in [3.05, 3.63) is 76.4 Å². The van der Waals surface area contributed by atoms with Gasteiger partial charge in [0.2, 0.25) is 5.95 Å². The van der Waals surface area contributed by atoms with Crippen LogP contribution in [0.15, 0.2) is 54.6 Å². The summed E-state index contributed by atoms with van der Waals surface area (Å²) in [6, 6.07) is 17.2. The maximum absolute atomic E-state index is 13.1. The predicted molar refractivity (Wildman–Crippen MR) is 147 cm³/mol. The minimum Gasteiger partial charge on any atom is -0.443 e. The molecule has 2 amide bonds. The summed E-state index contributed by atoms with van der Waals surface area (Å²) in [5.74, 6) is -0.254. The molecular formula is C29H34ClN3O5. The second-order valence-corrected chi connectivity index (χ2v) is 11.1. The molecule has 202 valence electrons. The molecule has 0 radical (unpaired) electrons. The third kappa shape index (κ3) is 8.26. The number of amides is 2. The van der Waals surface area contributed by atoms with Crippen molar-refractivity contribution in [3.63, 3.8) is 0 Å². The largest absolute Gasteiger partial charge is 0.443 e. The zero-order valence-electron chi connectivity index (χ0n) is 22.9. The summed E-state index contributed by atoms with van der Waals surface area (Å²) in [5.41, 5.74) is 2.26. The van der Waals surface area contributed by atoms with Crippen LogP contribution in [0.3, 0.4) is 0 Å². The molecule has 0 aliphatic heterocycles. The van der Waals surface area contributed by atoms with Gasteiger partial charge in [0.15, 0.2) is 0 Å². The molecule has 9 heteroatoms. The van der Waals surface area contributed by atoms with E-state index in [0.717, 1.165) is 22.3 Å². The Hall–Kier alpha value is -3.49. The molecule has 2 aromatic carbocycles. The Morgan fingerprint density at radius 1 is 0.842 bits per heavy atom. The summed E-state index contributed by atoms with van der Waals surface area (Å²) in [4.78, 5) is 35.6. The van der Waals surface area contributed by atoms with Gasteiger partial charge in [-0.1, -0.05) is 60.1 Å². The second-order valence-electron chi connectivity index (χ2n) is 10.8. The van der Waals surface area contributed by atoms with Gasteiger partial charge in [-0.3, -0.25) is 0 Å². The van der Waals surface area contributed by atoms with Crippen LogP contribution in [0, 0.1) is 6.92 Å². The van der Waals surface area contributed by atoms with E-state index in [-0.39, 0.29) is 11.1 Å². The van der Waals surface area contributed by atoms with Gasteiger partial charge >= 0.3 is 12.2 Å². The lowest BCUT2D eigenvalue weighted by Gasteiger charge is -2.27. The van der Waals surface area contributed by atoms with Crippen LogP contribution >= 0.6 is 11.6 Å². The van der Waals surface area contributed by atoms with Gasteiger partial charge in [0, 0.05) is 11.6 Å². The van der Waals surface area contributed by atoms with Crippen molar-refractivity contribution in [3.8, 4) is 11.3 Å². The summed E-state index contributed by atoms with van der Waals surface area (Å²) < 4.78 is 16.9. The van der Waals surface area contributed by atoms with Gasteiger partial charge in [-0.25, -0.2) is 14.6 Å². The van der Waals surface area contributed by atoms with E-state index in [1.165, 1.54) is 0 Å². The number of benzene rings is 2. The normalized spacial score (nSPS) is 11.7. The number of ether oxygens (including phenoxy) is 3. The molecule has 0 spiro atoms. The summed E-state index contributed by atoms with van der Waals surface area (Å²) in [6.45, 7) is 12.8. The molecule has 0 aliphatic carbocycles. The number of aryl methyl sites for hydroxylation is 1. The number of anilines is 1. The number of carbonyl (C=O) groups is 2. The van der Waals surface area contributed by atoms with Crippen LogP contribution in [-0.4, -0.2) is 33.4 Å².